The highest BCUT2D eigenvalue weighted by molar-refractivity contribution is 7.89. The van der Waals surface area contributed by atoms with Gasteiger partial charge in [0, 0.05) is 18.3 Å². The summed E-state index contributed by atoms with van der Waals surface area (Å²) in [7, 11) is -1.99. The minimum atomic E-state index is -3.56. The molecule has 0 N–H and O–H groups in total. The molecule has 0 saturated carbocycles. The van der Waals surface area contributed by atoms with Gasteiger partial charge in [-0.05, 0) is 36.6 Å². The molecule has 0 amide bonds. The third kappa shape index (κ3) is 3.45. The van der Waals surface area contributed by atoms with E-state index in [1.807, 2.05) is 18.4 Å². The van der Waals surface area contributed by atoms with Gasteiger partial charge in [0.05, 0.1) is 22.6 Å². The molecule has 2 rings (SSSR count). The summed E-state index contributed by atoms with van der Waals surface area (Å²) in [5, 5.41) is 1.85. The van der Waals surface area contributed by atoms with Gasteiger partial charge in [-0.3, -0.25) is 0 Å². The first-order valence-corrected chi connectivity index (χ1v) is 9.27. The minimum absolute atomic E-state index is 0.259. The fraction of sp³-hybridized carbons (Fsp3) is 0.357. The maximum Gasteiger partial charge on any atom is 0.243 e. The van der Waals surface area contributed by atoms with Gasteiger partial charge in [0.15, 0.2) is 0 Å². The maximum atomic E-state index is 12.7. The molecule has 7 heteroatoms. The Bertz CT molecular complexity index is 728. The maximum absolute atomic E-state index is 12.7. The Hall–Kier alpha value is -0.950. The lowest BCUT2D eigenvalue weighted by Crippen LogP contribution is -2.27. The number of aromatic nitrogens is 1. The largest absolute Gasteiger partial charge is 0.248 e. The third-order valence-electron chi connectivity index (χ3n) is 3.33. The van der Waals surface area contributed by atoms with Crippen LogP contribution >= 0.6 is 22.9 Å². The summed E-state index contributed by atoms with van der Waals surface area (Å²) in [4.78, 5) is 4.43. The van der Waals surface area contributed by atoms with Crippen molar-refractivity contribution in [3.63, 3.8) is 0 Å². The van der Waals surface area contributed by atoms with E-state index in [4.69, 9.17) is 11.6 Å². The Morgan fingerprint density at radius 1 is 1.29 bits per heavy atom. The molecule has 0 aliphatic rings. The van der Waals surface area contributed by atoms with Gasteiger partial charge in [0.25, 0.3) is 0 Å². The molecule has 0 fully saturated rings. The molecule has 1 aromatic heterocycles. The lowest BCUT2D eigenvalue weighted by atomic mass is 10.1. The van der Waals surface area contributed by atoms with Crippen molar-refractivity contribution in [2.75, 3.05) is 7.05 Å². The SMILES string of the molecule is Cc1cc(C)c(S(=O)(=O)N(C)Cc2cscn2)cc1CCl. The van der Waals surface area contributed by atoms with E-state index in [0.29, 0.717) is 10.8 Å². The standard InChI is InChI=1S/C14H17ClN2O2S2/c1-10-4-11(2)14(5-12(10)6-15)21(18,19)17(3)7-13-8-20-9-16-13/h4-5,8-9H,6-7H2,1-3H3. The van der Waals surface area contributed by atoms with Crippen LogP contribution in [0.1, 0.15) is 22.4 Å². The highest BCUT2D eigenvalue weighted by Crippen LogP contribution is 2.25. The zero-order chi connectivity index (χ0) is 15.6. The van der Waals surface area contributed by atoms with Gasteiger partial charge in [-0.25, -0.2) is 13.4 Å². The highest BCUT2D eigenvalue weighted by Gasteiger charge is 2.24. The Balaban J connectivity index is 2.39. The normalized spacial score (nSPS) is 12.0. The molecule has 114 valence electrons. The summed E-state index contributed by atoms with van der Waals surface area (Å²) >= 11 is 7.33. The van der Waals surface area contributed by atoms with Crippen LogP contribution in [0, 0.1) is 13.8 Å². The molecule has 0 aliphatic carbocycles. The van der Waals surface area contributed by atoms with Crippen LogP contribution in [0.3, 0.4) is 0 Å². The summed E-state index contributed by atoms with van der Waals surface area (Å²) in [6.45, 7) is 3.99. The molecule has 21 heavy (non-hydrogen) atoms. The van der Waals surface area contributed by atoms with E-state index < -0.39 is 10.0 Å². The topological polar surface area (TPSA) is 50.3 Å². The van der Waals surface area contributed by atoms with Crippen LogP contribution in [0.2, 0.25) is 0 Å². The molecule has 0 saturated heterocycles. The molecule has 0 atom stereocenters. The number of halogens is 1. The zero-order valence-electron chi connectivity index (χ0n) is 12.1. The Morgan fingerprint density at radius 2 is 2.00 bits per heavy atom. The molecule has 0 spiro atoms. The smallest absolute Gasteiger partial charge is 0.243 e. The van der Waals surface area contributed by atoms with Crippen molar-refractivity contribution in [3.8, 4) is 0 Å². The van der Waals surface area contributed by atoms with Crippen molar-refractivity contribution < 1.29 is 8.42 Å². The number of benzene rings is 1. The molecule has 0 bridgehead atoms. The summed E-state index contributed by atoms with van der Waals surface area (Å²) < 4.78 is 26.8. The van der Waals surface area contributed by atoms with Gasteiger partial charge in [-0.1, -0.05) is 6.07 Å². The lowest BCUT2D eigenvalue weighted by Gasteiger charge is -2.19. The van der Waals surface area contributed by atoms with Gasteiger partial charge in [-0.2, -0.15) is 4.31 Å². The van der Waals surface area contributed by atoms with E-state index in [9.17, 15) is 8.42 Å². The Kier molecular flexibility index (Phi) is 5.03. The van der Waals surface area contributed by atoms with Crippen LogP contribution in [-0.2, 0) is 22.4 Å². The highest BCUT2D eigenvalue weighted by atomic mass is 35.5. The number of sulfonamides is 1. The molecule has 2 aromatic rings. The lowest BCUT2D eigenvalue weighted by molar-refractivity contribution is 0.462. The second kappa shape index (κ2) is 6.44. The number of nitrogens with zero attached hydrogens (tertiary/aromatic N) is 2. The van der Waals surface area contributed by atoms with Crippen LogP contribution in [0.4, 0.5) is 0 Å². The molecule has 1 heterocycles. The predicted octanol–water partition coefficient (Wildman–Crippen LogP) is 3.32. The van der Waals surface area contributed by atoms with Crippen molar-refractivity contribution in [2.45, 2.75) is 31.2 Å². The summed E-state index contributed by atoms with van der Waals surface area (Å²) in [5.74, 6) is 0.296. The molecule has 0 radical (unpaired) electrons. The van der Waals surface area contributed by atoms with E-state index in [0.717, 1.165) is 22.4 Å². The summed E-state index contributed by atoms with van der Waals surface area (Å²) in [5.41, 5.74) is 5.00. The first-order valence-electron chi connectivity index (χ1n) is 6.35. The van der Waals surface area contributed by atoms with Crippen molar-refractivity contribution >= 4 is 33.0 Å². The minimum Gasteiger partial charge on any atom is -0.248 e. The van der Waals surface area contributed by atoms with Crippen LogP contribution < -0.4 is 0 Å². The van der Waals surface area contributed by atoms with Crippen molar-refractivity contribution in [3.05, 3.63) is 45.4 Å². The van der Waals surface area contributed by atoms with Gasteiger partial charge in [0.2, 0.25) is 10.0 Å². The van der Waals surface area contributed by atoms with E-state index in [-0.39, 0.29) is 6.54 Å². The van der Waals surface area contributed by atoms with Crippen LogP contribution in [0.15, 0.2) is 27.9 Å². The third-order valence-corrected chi connectivity index (χ3v) is 6.20. The van der Waals surface area contributed by atoms with Gasteiger partial charge in [-0.15, -0.1) is 22.9 Å². The molecule has 4 nitrogen and oxygen atoms in total. The number of alkyl halides is 1. The monoisotopic (exact) mass is 344 g/mol. The first-order chi connectivity index (χ1) is 9.86. The van der Waals surface area contributed by atoms with Crippen LogP contribution in [-0.4, -0.2) is 24.8 Å². The van der Waals surface area contributed by atoms with E-state index in [2.05, 4.69) is 4.98 Å². The van der Waals surface area contributed by atoms with Gasteiger partial charge >= 0.3 is 0 Å². The number of aryl methyl sites for hydroxylation is 2. The molecule has 0 aliphatic heterocycles. The van der Waals surface area contributed by atoms with Gasteiger partial charge < -0.3 is 0 Å². The quantitative estimate of drug-likeness (QED) is 0.782. The molecular weight excluding hydrogens is 328 g/mol. The van der Waals surface area contributed by atoms with Crippen LogP contribution in [0.25, 0.3) is 0 Å². The van der Waals surface area contributed by atoms with E-state index in [1.165, 1.54) is 15.6 Å². The molecule has 0 unspecified atom stereocenters. The first kappa shape index (κ1) is 16.4. The van der Waals surface area contributed by atoms with Crippen molar-refractivity contribution in [1.82, 2.24) is 9.29 Å². The fourth-order valence-corrected chi connectivity index (χ4v) is 4.33. The summed E-state index contributed by atoms with van der Waals surface area (Å²) in [6.07, 6.45) is 0. The number of thiazole rings is 1. The number of hydrogen-bond acceptors (Lipinski definition) is 4. The second-order valence-electron chi connectivity index (χ2n) is 4.92. The fourth-order valence-electron chi connectivity index (χ4n) is 2.09. The number of rotatable bonds is 5. The van der Waals surface area contributed by atoms with E-state index in [1.54, 1.807) is 25.5 Å². The van der Waals surface area contributed by atoms with Crippen molar-refractivity contribution in [1.29, 1.82) is 0 Å². The Morgan fingerprint density at radius 3 is 2.57 bits per heavy atom. The molecule has 1 aromatic carbocycles. The van der Waals surface area contributed by atoms with Crippen molar-refractivity contribution in [2.24, 2.45) is 0 Å². The Labute approximate surface area is 134 Å². The number of hydrogen-bond donors (Lipinski definition) is 0. The summed E-state index contributed by atoms with van der Waals surface area (Å²) in [6, 6.07) is 3.53. The average Bonchev–Trinajstić information content (AvgIpc) is 2.91. The van der Waals surface area contributed by atoms with E-state index >= 15 is 0 Å². The van der Waals surface area contributed by atoms with Gasteiger partial charge in [0.1, 0.15) is 0 Å². The average molecular weight is 345 g/mol. The zero-order valence-corrected chi connectivity index (χ0v) is 14.5. The molecular formula is C14H17ClN2O2S2. The van der Waals surface area contributed by atoms with Crippen LogP contribution in [0.5, 0.6) is 0 Å². The predicted molar refractivity (Wildman–Crippen MR) is 86.2 cm³/mol. The second-order valence-corrected chi connectivity index (χ2v) is 7.92.